The molecule has 0 aliphatic rings. The van der Waals surface area contributed by atoms with Crippen LogP contribution in [0.4, 0.5) is 4.39 Å². The van der Waals surface area contributed by atoms with Crippen LogP contribution in [0.5, 0.6) is 0 Å². The van der Waals surface area contributed by atoms with Gasteiger partial charge in [-0.15, -0.1) is 0 Å². The second-order valence-corrected chi connectivity index (χ2v) is 6.18. The summed E-state index contributed by atoms with van der Waals surface area (Å²) < 4.78 is 15.0. The normalized spacial score (nSPS) is 10.9. The van der Waals surface area contributed by atoms with Gasteiger partial charge >= 0.3 is 0 Å². The Morgan fingerprint density at radius 2 is 1.59 bits per heavy atom. The van der Waals surface area contributed by atoms with Gasteiger partial charge in [0.1, 0.15) is 11.4 Å². The minimum absolute atomic E-state index is 0.112. The number of hydrogen-bond donors (Lipinski definition) is 1. The first-order valence-electron chi connectivity index (χ1n) is 8.35. The number of nitrogens with zero attached hydrogens (tertiary/aromatic N) is 1. The fourth-order valence-electron chi connectivity index (χ4n) is 3.13. The fraction of sp³-hybridized carbons (Fsp3) is 0. The van der Waals surface area contributed by atoms with Crippen molar-refractivity contribution in [1.29, 1.82) is 0 Å². The van der Waals surface area contributed by atoms with Gasteiger partial charge in [0.25, 0.3) is 5.91 Å². The highest BCUT2D eigenvalue weighted by molar-refractivity contribution is 5.97. The van der Waals surface area contributed by atoms with Crippen LogP contribution in [-0.2, 0) is 0 Å². The number of fused-ring (bicyclic) bond motifs is 1. The van der Waals surface area contributed by atoms with Gasteiger partial charge in [-0.3, -0.25) is 9.59 Å². The van der Waals surface area contributed by atoms with E-state index in [0.29, 0.717) is 16.6 Å². The highest BCUT2D eigenvalue weighted by atomic mass is 19.1. The Kier molecular flexibility index (Phi) is 4.05. The monoisotopic (exact) mass is 358 g/mol. The predicted molar refractivity (Wildman–Crippen MR) is 103 cm³/mol. The second-order valence-electron chi connectivity index (χ2n) is 6.18. The molecule has 0 bridgehead atoms. The summed E-state index contributed by atoms with van der Waals surface area (Å²) in [6, 6.07) is 20.9. The molecule has 0 aliphatic carbocycles. The van der Waals surface area contributed by atoms with Gasteiger partial charge in [0, 0.05) is 17.3 Å². The molecule has 3 aromatic carbocycles. The van der Waals surface area contributed by atoms with Gasteiger partial charge in [0.05, 0.1) is 5.52 Å². The van der Waals surface area contributed by atoms with Crippen LogP contribution in [-0.4, -0.2) is 10.5 Å². The molecule has 27 heavy (non-hydrogen) atoms. The lowest BCUT2D eigenvalue weighted by atomic mass is 10.0. The van der Waals surface area contributed by atoms with Crippen molar-refractivity contribution in [2.24, 2.45) is 5.73 Å². The molecule has 0 aliphatic heterocycles. The van der Waals surface area contributed by atoms with E-state index < -0.39 is 11.3 Å². The number of carbonyl (C=O) groups excluding carboxylic acids is 1. The SMILES string of the molecule is NC(=O)c1cn(-c2ccc(F)cc2)c2cc(-c3ccccc3)ccc2c1=O. The number of primary amides is 1. The lowest BCUT2D eigenvalue weighted by molar-refractivity contribution is 0.0999. The molecule has 132 valence electrons. The van der Waals surface area contributed by atoms with Gasteiger partial charge in [0.2, 0.25) is 5.43 Å². The van der Waals surface area contributed by atoms with Crippen molar-refractivity contribution in [1.82, 2.24) is 4.57 Å². The van der Waals surface area contributed by atoms with Gasteiger partial charge in [-0.1, -0.05) is 36.4 Å². The Bertz CT molecular complexity index is 1210. The van der Waals surface area contributed by atoms with Crippen LogP contribution >= 0.6 is 0 Å². The van der Waals surface area contributed by atoms with Crippen LogP contribution in [0.1, 0.15) is 10.4 Å². The van der Waals surface area contributed by atoms with E-state index in [1.165, 1.54) is 18.3 Å². The van der Waals surface area contributed by atoms with Crippen molar-refractivity contribution in [2.75, 3.05) is 0 Å². The number of nitrogens with two attached hydrogens (primary N) is 1. The molecule has 4 aromatic rings. The van der Waals surface area contributed by atoms with E-state index in [1.54, 1.807) is 22.8 Å². The number of hydrogen-bond acceptors (Lipinski definition) is 2. The summed E-state index contributed by atoms with van der Waals surface area (Å²) in [5.41, 5.74) is 8.00. The van der Waals surface area contributed by atoms with Crippen molar-refractivity contribution >= 4 is 16.8 Å². The van der Waals surface area contributed by atoms with Crippen LogP contribution in [0.25, 0.3) is 27.7 Å². The second kappa shape index (κ2) is 6.53. The Morgan fingerprint density at radius 1 is 0.889 bits per heavy atom. The third kappa shape index (κ3) is 3.00. The summed E-state index contributed by atoms with van der Waals surface area (Å²) in [4.78, 5) is 24.4. The average Bonchev–Trinajstić information content (AvgIpc) is 2.69. The van der Waals surface area contributed by atoms with E-state index in [1.807, 2.05) is 42.5 Å². The molecular formula is C22H15FN2O2. The number of carbonyl (C=O) groups is 1. The number of benzene rings is 3. The quantitative estimate of drug-likeness (QED) is 0.604. The number of amides is 1. The highest BCUT2D eigenvalue weighted by Gasteiger charge is 2.15. The molecule has 2 N–H and O–H groups in total. The molecule has 1 amide bonds. The maximum atomic E-state index is 13.3. The molecule has 0 radical (unpaired) electrons. The zero-order valence-corrected chi connectivity index (χ0v) is 14.2. The van der Waals surface area contributed by atoms with Crippen molar-refractivity contribution < 1.29 is 9.18 Å². The smallest absolute Gasteiger partial charge is 0.254 e. The van der Waals surface area contributed by atoms with Gasteiger partial charge < -0.3 is 10.3 Å². The van der Waals surface area contributed by atoms with Crippen molar-refractivity contribution in [3.63, 3.8) is 0 Å². The Hall–Kier alpha value is -3.73. The van der Waals surface area contributed by atoms with E-state index in [9.17, 15) is 14.0 Å². The van der Waals surface area contributed by atoms with Crippen LogP contribution < -0.4 is 11.2 Å². The largest absolute Gasteiger partial charge is 0.365 e. The van der Waals surface area contributed by atoms with E-state index in [2.05, 4.69) is 0 Å². The summed E-state index contributed by atoms with van der Waals surface area (Å²) in [6.45, 7) is 0. The summed E-state index contributed by atoms with van der Waals surface area (Å²) >= 11 is 0. The van der Waals surface area contributed by atoms with Gasteiger partial charge in [-0.2, -0.15) is 0 Å². The predicted octanol–water partition coefficient (Wildman–Crippen LogP) is 3.90. The molecule has 0 spiro atoms. The average molecular weight is 358 g/mol. The summed E-state index contributed by atoms with van der Waals surface area (Å²) in [5, 5.41) is 0.371. The first kappa shape index (κ1) is 16.7. The summed E-state index contributed by atoms with van der Waals surface area (Å²) in [6.07, 6.45) is 1.41. The number of pyridine rings is 1. The molecular weight excluding hydrogens is 343 g/mol. The molecule has 1 aromatic heterocycles. The van der Waals surface area contributed by atoms with Crippen LogP contribution in [0, 0.1) is 5.82 Å². The topological polar surface area (TPSA) is 65.1 Å². The maximum Gasteiger partial charge on any atom is 0.254 e. The fourth-order valence-corrected chi connectivity index (χ4v) is 3.13. The lowest BCUT2D eigenvalue weighted by Crippen LogP contribution is -2.23. The maximum absolute atomic E-state index is 13.3. The zero-order valence-electron chi connectivity index (χ0n) is 14.2. The van der Waals surface area contributed by atoms with E-state index >= 15 is 0 Å². The first-order valence-corrected chi connectivity index (χ1v) is 8.35. The Morgan fingerprint density at radius 3 is 2.26 bits per heavy atom. The van der Waals surface area contributed by atoms with Crippen LogP contribution in [0.15, 0.2) is 83.8 Å². The third-order valence-corrected chi connectivity index (χ3v) is 4.48. The third-order valence-electron chi connectivity index (χ3n) is 4.48. The molecule has 0 fully saturated rings. The van der Waals surface area contributed by atoms with Crippen molar-refractivity contribution in [3.05, 3.63) is 101 Å². The Balaban J connectivity index is 2.06. The molecule has 4 rings (SSSR count). The number of halogens is 1. The van der Waals surface area contributed by atoms with E-state index in [4.69, 9.17) is 5.73 Å². The van der Waals surface area contributed by atoms with Crippen LogP contribution in [0.3, 0.4) is 0 Å². The van der Waals surface area contributed by atoms with Crippen LogP contribution in [0.2, 0.25) is 0 Å². The molecule has 5 heteroatoms. The minimum Gasteiger partial charge on any atom is -0.365 e. The lowest BCUT2D eigenvalue weighted by Gasteiger charge is -2.14. The number of rotatable bonds is 3. The zero-order chi connectivity index (χ0) is 19.0. The summed E-state index contributed by atoms with van der Waals surface area (Å²) in [5.74, 6) is -1.17. The number of aromatic nitrogens is 1. The van der Waals surface area contributed by atoms with Gasteiger partial charge in [0.15, 0.2) is 0 Å². The molecule has 0 saturated heterocycles. The Labute approximate surface area is 154 Å². The first-order chi connectivity index (χ1) is 13.0. The summed E-state index contributed by atoms with van der Waals surface area (Å²) in [7, 11) is 0. The highest BCUT2D eigenvalue weighted by Crippen LogP contribution is 2.25. The van der Waals surface area contributed by atoms with Gasteiger partial charge in [-0.25, -0.2) is 4.39 Å². The molecule has 4 nitrogen and oxygen atoms in total. The minimum atomic E-state index is -0.801. The standard InChI is InChI=1S/C22H15FN2O2/c23-16-7-9-17(10-8-16)25-13-19(22(24)27)21(26)18-11-6-15(12-20(18)25)14-4-2-1-3-5-14/h1-13H,(H2,24,27). The molecule has 0 saturated carbocycles. The molecule has 0 atom stereocenters. The van der Waals surface area contributed by atoms with E-state index in [0.717, 1.165) is 11.1 Å². The van der Waals surface area contributed by atoms with E-state index in [-0.39, 0.29) is 11.4 Å². The van der Waals surface area contributed by atoms with Gasteiger partial charge in [-0.05, 0) is 47.5 Å². The molecule has 0 unspecified atom stereocenters. The van der Waals surface area contributed by atoms with Crippen molar-refractivity contribution in [2.45, 2.75) is 0 Å². The molecule has 1 heterocycles. The van der Waals surface area contributed by atoms with Crippen molar-refractivity contribution in [3.8, 4) is 16.8 Å².